The highest BCUT2D eigenvalue weighted by Gasteiger charge is 2.14. The lowest BCUT2D eigenvalue weighted by molar-refractivity contribution is 0.0944. The fourth-order valence-corrected chi connectivity index (χ4v) is 2.99. The molecule has 0 saturated carbocycles. The van der Waals surface area contributed by atoms with Crippen LogP contribution in [0.25, 0.3) is 0 Å². The van der Waals surface area contributed by atoms with Crippen molar-refractivity contribution in [2.24, 2.45) is 0 Å². The van der Waals surface area contributed by atoms with Crippen molar-refractivity contribution in [3.8, 4) is 0 Å². The Morgan fingerprint density at radius 3 is 2.42 bits per heavy atom. The van der Waals surface area contributed by atoms with Crippen molar-refractivity contribution in [3.63, 3.8) is 0 Å². The van der Waals surface area contributed by atoms with Crippen molar-refractivity contribution >= 4 is 33.2 Å². The third kappa shape index (κ3) is 3.45. The minimum atomic E-state index is -0.00313. The number of carbonyl (C=O) groups excluding carboxylic acids is 1. The summed E-state index contributed by atoms with van der Waals surface area (Å²) in [4.78, 5) is 14.1. The Balaban J connectivity index is 2.08. The van der Waals surface area contributed by atoms with Crippen LogP contribution < -0.4 is 5.32 Å². The summed E-state index contributed by atoms with van der Waals surface area (Å²) in [6.07, 6.45) is 0. The number of aryl methyl sites for hydroxylation is 2. The first-order valence-corrected chi connectivity index (χ1v) is 7.71. The van der Waals surface area contributed by atoms with Gasteiger partial charge in [0.2, 0.25) is 0 Å². The molecule has 0 saturated heterocycles. The molecule has 2 nitrogen and oxygen atoms in total. The van der Waals surface area contributed by atoms with Gasteiger partial charge in [0.1, 0.15) is 0 Å². The second-order valence-electron chi connectivity index (χ2n) is 4.60. The molecule has 1 N–H and O–H groups in total. The van der Waals surface area contributed by atoms with Gasteiger partial charge in [-0.3, -0.25) is 4.79 Å². The lowest BCUT2D eigenvalue weighted by Crippen LogP contribution is -2.25. The highest BCUT2D eigenvalue weighted by molar-refractivity contribution is 9.10. The zero-order chi connectivity index (χ0) is 14.0. The zero-order valence-corrected chi connectivity index (χ0v) is 13.6. The van der Waals surface area contributed by atoms with Crippen molar-refractivity contribution in [1.82, 2.24) is 5.32 Å². The molecule has 1 aromatic heterocycles. The van der Waals surface area contributed by atoms with Crippen LogP contribution in [0.4, 0.5) is 0 Å². The third-order valence-corrected chi connectivity index (χ3v) is 4.79. The average molecular weight is 338 g/mol. The maximum absolute atomic E-state index is 12.2. The van der Waals surface area contributed by atoms with Gasteiger partial charge in [-0.25, -0.2) is 0 Å². The molecule has 0 aliphatic carbocycles. The van der Waals surface area contributed by atoms with Gasteiger partial charge in [0, 0.05) is 9.35 Å². The first-order chi connectivity index (χ1) is 8.97. The highest BCUT2D eigenvalue weighted by atomic mass is 79.9. The Bertz CT molecular complexity index is 569. The van der Waals surface area contributed by atoms with E-state index in [1.807, 2.05) is 51.1 Å². The zero-order valence-electron chi connectivity index (χ0n) is 11.2. The Morgan fingerprint density at radius 1 is 1.26 bits per heavy atom. The first-order valence-electron chi connectivity index (χ1n) is 6.10. The highest BCUT2D eigenvalue weighted by Crippen LogP contribution is 2.22. The molecule has 1 atom stereocenters. The predicted octanol–water partition coefficient (Wildman–Crippen LogP) is 4.62. The molecule has 0 fully saturated rings. The number of hydrogen-bond donors (Lipinski definition) is 1. The summed E-state index contributed by atoms with van der Waals surface area (Å²) < 4.78 is 1.04. The molecule has 2 aromatic rings. The quantitative estimate of drug-likeness (QED) is 0.869. The molecule has 0 aliphatic rings. The standard InChI is InChI=1S/C15H16BrNOS/c1-9-8-14(19-11(9)3)15(18)17-10(2)12-4-6-13(16)7-5-12/h4-8,10H,1-3H3,(H,17,18). The normalized spacial score (nSPS) is 12.2. The van der Waals surface area contributed by atoms with Crippen LogP contribution in [0.15, 0.2) is 34.8 Å². The lowest BCUT2D eigenvalue weighted by Gasteiger charge is -2.13. The van der Waals surface area contributed by atoms with Crippen molar-refractivity contribution < 1.29 is 4.79 Å². The van der Waals surface area contributed by atoms with Crippen molar-refractivity contribution in [3.05, 3.63) is 55.7 Å². The first kappa shape index (κ1) is 14.3. The van der Waals surface area contributed by atoms with Crippen molar-refractivity contribution in [1.29, 1.82) is 0 Å². The third-order valence-electron chi connectivity index (χ3n) is 3.11. The van der Waals surface area contributed by atoms with Gasteiger partial charge in [0.05, 0.1) is 10.9 Å². The van der Waals surface area contributed by atoms with E-state index in [2.05, 4.69) is 21.2 Å². The van der Waals surface area contributed by atoms with Crippen LogP contribution >= 0.6 is 27.3 Å². The number of halogens is 1. The molecule has 1 amide bonds. The molecule has 0 spiro atoms. The molecule has 1 heterocycles. The van der Waals surface area contributed by atoms with Gasteiger partial charge in [-0.05, 0) is 50.1 Å². The van der Waals surface area contributed by atoms with Gasteiger partial charge in [0.15, 0.2) is 0 Å². The van der Waals surface area contributed by atoms with Crippen LogP contribution in [0, 0.1) is 13.8 Å². The monoisotopic (exact) mass is 337 g/mol. The SMILES string of the molecule is Cc1cc(C(=O)NC(C)c2ccc(Br)cc2)sc1C. The van der Waals surface area contributed by atoms with Crippen LogP contribution in [0.5, 0.6) is 0 Å². The maximum Gasteiger partial charge on any atom is 0.261 e. The lowest BCUT2D eigenvalue weighted by atomic mass is 10.1. The molecule has 19 heavy (non-hydrogen) atoms. The molecule has 1 unspecified atom stereocenters. The van der Waals surface area contributed by atoms with Crippen LogP contribution in [0.1, 0.15) is 38.6 Å². The molecule has 4 heteroatoms. The van der Waals surface area contributed by atoms with E-state index in [4.69, 9.17) is 0 Å². The summed E-state index contributed by atoms with van der Waals surface area (Å²) in [7, 11) is 0. The largest absolute Gasteiger partial charge is 0.345 e. The molecule has 0 bridgehead atoms. The number of carbonyl (C=O) groups is 1. The smallest absolute Gasteiger partial charge is 0.261 e. The number of rotatable bonds is 3. The summed E-state index contributed by atoms with van der Waals surface area (Å²) in [5.41, 5.74) is 2.27. The topological polar surface area (TPSA) is 29.1 Å². The molecular formula is C15H16BrNOS. The summed E-state index contributed by atoms with van der Waals surface area (Å²) in [6.45, 7) is 6.06. The van der Waals surface area contributed by atoms with Crippen LogP contribution in [0.3, 0.4) is 0 Å². The van der Waals surface area contributed by atoms with Gasteiger partial charge in [0.25, 0.3) is 5.91 Å². The van der Waals surface area contributed by atoms with Gasteiger partial charge in [-0.1, -0.05) is 28.1 Å². The number of benzene rings is 1. The van der Waals surface area contributed by atoms with Gasteiger partial charge < -0.3 is 5.32 Å². The second-order valence-corrected chi connectivity index (χ2v) is 6.77. The van der Waals surface area contributed by atoms with Gasteiger partial charge in [-0.15, -0.1) is 11.3 Å². The minimum Gasteiger partial charge on any atom is -0.345 e. The fourth-order valence-electron chi connectivity index (χ4n) is 1.79. The Kier molecular flexibility index (Phi) is 4.42. The summed E-state index contributed by atoms with van der Waals surface area (Å²) in [5.74, 6) is -0.00313. The number of nitrogens with one attached hydrogen (secondary N) is 1. The number of hydrogen-bond acceptors (Lipinski definition) is 2. The van der Waals surface area contributed by atoms with Gasteiger partial charge >= 0.3 is 0 Å². The summed E-state index contributed by atoms with van der Waals surface area (Å²) >= 11 is 4.95. The maximum atomic E-state index is 12.2. The Hall–Kier alpha value is -1.13. The minimum absolute atomic E-state index is 0.00307. The predicted molar refractivity (Wildman–Crippen MR) is 83.8 cm³/mol. The van der Waals surface area contributed by atoms with E-state index in [0.29, 0.717) is 0 Å². The number of amides is 1. The molecular weight excluding hydrogens is 322 g/mol. The van der Waals surface area contributed by atoms with E-state index < -0.39 is 0 Å². The van der Waals surface area contributed by atoms with Crippen molar-refractivity contribution in [2.75, 3.05) is 0 Å². The van der Waals surface area contributed by atoms with E-state index in [9.17, 15) is 4.79 Å². The van der Waals surface area contributed by atoms with E-state index in [0.717, 1.165) is 14.9 Å². The van der Waals surface area contributed by atoms with Crippen LogP contribution in [0.2, 0.25) is 0 Å². The van der Waals surface area contributed by atoms with E-state index in [1.165, 1.54) is 10.4 Å². The van der Waals surface area contributed by atoms with Crippen LogP contribution in [-0.2, 0) is 0 Å². The summed E-state index contributed by atoms with van der Waals surface area (Å²) in [5, 5.41) is 3.03. The fraction of sp³-hybridized carbons (Fsp3) is 0.267. The number of thiophene rings is 1. The Morgan fingerprint density at radius 2 is 1.89 bits per heavy atom. The molecule has 0 aliphatic heterocycles. The molecule has 2 rings (SSSR count). The van der Waals surface area contributed by atoms with Crippen molar-refractivity contribution in [2.45, 2.75) is 26.8 Å². The average Bonchev–Trinajstić information content (AvgIpc) is 2.70. The summed E-state index contributed by atoms with van der Waals surface area (Å²) in [6, 6.07) is 9.95. The molecule has 0 radical (unpaired) electrons. The van der Waals surface area contributed by atoms with Gasteiger partial charge in [-0.2, -0.15) is 0 Å². The van der Waals surface area contributed by atoms with E-state index in [1.54, 1.807) is 11.3 Å². The van der Waals surface area contributed by atoms with Crippen LogP contribution in [-0.4, -0.2) is 5.91 Å². The second kappa shape index (κ2) is 5.88. The molecule has 100 valence electrons. The molecule has 1 aromatic carbocycles. The van der Waals surface area contributed by atoms with E-state index in [-0.39, 0.29) is 11.9 Å². The Labute approximate surface area is 126 Å². The van der Waals surface area contributed by atoms with E-state index >= 15 is 0 Å².